The van der Waals surface area contributed by atoms with Crippen molar-refractivity contribution >= 4 is 136 Å². The fraction of sp³-hybridized carbons (Fsp3) is 0.583. The van der Waals surface area contributed by atoms with Gasteiger partial charge < -0.3 is 173 Å². The summed E-state index contributed by atoms with van der Waals surface area (Å²) < 4.78 is 0. The Balaban J connectivity index is 0.0000236. The molecule has 0 radical (unpaired) electrons. The number of benzene rings is 2. The molecule has 139 heavy (non-hydrogen) atoms. The number of aliphatic carboxylic acids is 1. The highest BCUT2D eigenvalue weighted by Crippen LogP contribution is 2.13. The van der Waals surface area contributed by atoms with Gasteiger partial charge in [0.2, 0.25) is 112 Å². The van der Waals surface area contributed by atoms with Gasteiger partial charge in [-0.2, -0.15) is 0 Å². The summed E-state index contributed by atoms with van der Waals surface area (Å²) in [7, 11) is 0. The molecule has 0 bridgehead atoms. The van der Waals surface area contributed by atoms with Gasteiger partial charge in [-0.05, 0) is 154 Å². The van der Waals surface area contributed by atoms with E-state index in [0.717, 1.165) is 19.4 Å². The summed E-state index contributed by atoms with van der Waals surface area (Å²) >= 11 is 0. The van der Waals surface area contributed by atoms with Crippen molar-refractivity contribution in [2.45, 2.75) is 241 Å². The van der Waals surface area contributed by atoms with E-state index >= 15 is 0 Å². The van der Waals surface area contributed by atoms with Gasteiger partial charge in [0.25, 0.3) is 5.97 Å². The number of carboxylic acids is 1. The first-order valence-corrected chi connectivity index (χ1v) is 45.0. The van der Waals surface area contributed by atoms with Crippen molar-refractivity contribution in [1.29, 1.82) is 16.2 Å². The topological polar surface area (TPSA) is 948 Å². The minimum absolute atomic E-state index is 0.00457. The van der Waals surface area contributed by atoms with Gasteiger partial charge in [-0.3, -0.25) is 112 Å². The summed E-state index contributed by atoms with van der Waals surface area (Å²) in [4.78, 5) is 266. The third-order valence-corrected chi connectivity index (χ3v) is 20.1. The molecule has 44 N–H and O–H groups in total. The molecule has 0 spiro atoms. The summed E-state index contributed by atoms with van der Waals surface area (Å²) in [6.45, 7) is 2.04. The van der Waals surface area contributed by atoms with E-state index in [2.05, 4.69) is 106 Å². The zero-order valence-electron chi connectivity index (χ0n) is 78.5. The molecule has 2 rings (SSSR count). The highest BCUT2D eigenvalue weighted by atomic mass is 16.4. The number of primary amides is 3. The van der Waals surface area contributed by atoms with Crippen LogP contribution in [0.2, 0.25) is 0 Å². The van der Waals surface area contributed by atoms with E-state index in [9.17, 15) is 101 Å². The molecule has 19 amide bonds. The molecule has 0 saturated carbocycles. The molecule has 0 aliphatic carbocycles. The molecule has 55 heteroatoms. The van der Waals surface area contributed by atoms with Crippen LogP contribution >= 0.6 is 0 Å². The number of nitrogens with one attached hydrogen (secondary N) is 23. The number of carbonyl (C=O) groups is 20. The summed E-state index contributed by atoms with van der Waals surface area (Å²) in [6, 6.07) is -3.15. The summed E-state index contributed by atoms with van der Waals surface area (Å²) in [6.07, 6.45) is -3.08. The van der Waals surface area contributed by atoms with E-state index in [0.29, 0.717) is 31.4 Å². The second-order valence-electron chi connectivity index (χ2n) is 32.0. The van der Waals surface area contributed by atoms with Gasteiger partial charge in [0.1, 0.15) is 78.5 Å². The van der Waals surface area contributed by atoms with Crippen LogP contribution in [0.5, 0.6) is 0 Å². The van der Waals surface area contributed by atoms with Crippen molar-refractivity contribution in [2.24, 2.45) is 51.6 Å². The van der Waals surface area contributed by atoms with Crippen LogP contribution in [0, 0.1) is 16.2 Å². The van der Waals surface area contributed by atoms with Gasteiger partial charge in [-0.25, -0.2) is 0 Å². The molecule has 0 heterocycles. The van der Waals surface area contributed by atoms with Crippen LogP contribution in [-0.4, -0.2) is 308 Å². The smallest absolute Gasteiger partial charge is 0.300 e. The first-order chi connectivity index (χ1) is 65.7. The molecule has 0 fully saturated rings. The van der Waals surface area contributed by atoms with Gasteiger partial charge in [-0.1, -0.05) is 60.7 Å². The predicted molar refractivity (Wildman–Crippen MR) is 503 cm³/mol. The number of nitrogens with two attached hydrogens (primary N) is 9. The minimum Gasteiger partial charge on any atom is -0.481 e. The SMILES string of the molecule is CC(=O)O.CC(NC(=O)CNC(=O)C(NC(=O)C(Cc1ccccc1)NC(=O)CNC(=O)CNC(=O)CNCc1ccccc1)C(C)O)C(=O)NC(CCCNC(=N)N)C(=O)NC(CCCCN)C(=O)NC(CO)C(=O)NC(C)C(=O)NC(CCCNC(=N)N)C(=O)NC(CCCCN)C(=O)NC(CCCNC(=N)N)C(=O)NC(CCCCN)C(=O)NC(CC(N)=O)C(=O)NC(CCC(N)=O)C(N)=O. The third-order valence-electron chi connectivity index (χ3n) is 20.1. The monoisotopic (exact) mass is 1970 g/mol. The molecule has 0 saturated heterocycles. The van der Waals surface area contributed by atoms with Gasteiger partial charge in [0.05, 0.1) is 45.3 Å². The zero-order valence-corrected chi connectivity index (χ0v) is 78.5. The van der Waals surface area contributed by atoms with Crippen molar-refractivity contribution in [3.8, 4) is 0 Å². The molecular formula is C84H142N32O23. The molecule has 14 atom stereocenters. The lowest BCUT2D eigenvalue weighted by Gasteiger charge is -2.28. The molecule has 2 aromatic carbocycles. The number of amides is 19. The van der Waals surface area contributed by atoms with Crippen LogP contribution in [0.25, 0.3) is 0 Å². The Hall–Kier alpha value is -14.6. The Bertz CT molecular complexity index is 4370. The number of unbranched alkanes of at least 4 members (excludes halogenated alkanes) is 3. The van der Waals surface area contributed by atoms with Crippen molar-refractivity contribution in [1.82, 2.24) is 106 Å². The zero-order chi connectivity index (χ0) is 105. The fourth-order valence-corrected chi connectivity index (χ4v) is 12.7. The quantitative estimate of drug-likeness (QED) is 0.0166. The average molecular weight is 1970 g/mol. The minimum atomic E-state index is -1.87. The number of hydrogen-bond acceptors (Lipinski definition) is 29. The van der Waals surface area contributed by atoms with Crippen LogP contribution < -0.4 is 158 Å². The summed E-state index contributed by atoms with van der Waals surface area (Å²) in [5.41, 5.74) is 51.4. The lowest BCUT2D eigenvalue weighted by molar-refractivity contribution is -0.136. The van der Waals surface area contributed by atoms with Gasteiger partial charge >= 0.3 is 0 Å². The molecule has 776 valence electrons. The van der Waals surface area contributed by atoms with Crippen molar-refractivity contribution < 1.29 is 111 Å². The largest absolute Gasteiger partial charge is 0.481 e. The van der Waals surface area contributed by atoms with E-state index < -0.39 is 260 Å². The van der Waals surface area contributed by atoms with Crippen LogP contribution in [-0.2, 0) is 109 Å². The normalized spacial score (nSPS) is 13.7. The lowest BCUT2D eigenvalue weighted by Crippen LogP contribution is -2.61. The Labute approximate surface area is 802 Å². The Kier molecular flexibility index (Phi) is 61.0. The number of aliphatic hydroxyl groups is 2. The van der Waals surface area contributed by atoms with E-state index in [1.54, 1.807) is 30.3 Å². The highest BCUT2D eigenvalue weighted by molar-refractivity contribution is 6.01. The van der Waals surface area contributed by atoms with Crippen LogP contribution in [0.4, 0.5) is 0 Å². The highest BCUT2D eigenvalue weighted by Gasteiger charge is 2.38. The summed E-state index contributed by atoms with van der Waals surface area (Å²) in [5.74, 6) is -20.9. The van der Waals surface area contributed by atoms with Crippen molar-refractivity contribution in [3.05, 3.63) is 71.8 Å². The molecule has 0 aliphatic rings. The fourth-order valence-electron chi connectivity index (χ4n) is 12.7. The number of guanidine groups is 3. The van der Waals surface area contributed by atoms with E-state index in [-0.39, 0.29) is 136 Å². The number of hydrogen-bond donors (Lipinski definition) is 35. The third kappa shape index (κ3) is 55.3. The molecule has 55 nitrogen and oxygen atoms in total. The number of aliphatic hydroxyl groups excluding tert-OH is 2. The van der Waals surface area contributed by atoms with Crippen LogP contribution in [0.15, 0.2) is 60.7 Å². The first kappa shape index (κ1) is 122. The Morgan fingerprint density at radius 1 is 0.331 bits per heavy atom. The first-order valence-electron chi connectivity index (χ1n) is 45.0. The molecular weight excluding hydrogens is 1830 g/mol. The maximum Gasteiger partial charge on any atom is 0.300 e. The lowest BCUT2D eigenvalue weighted by atomic mass is 10.0. The second kappa shape index (κ2) is 69.3. The number of rotatable bonds is 69. The average Bonchev–Trinajstić information content (AvgIpc) is 0.860. The van der Waals surface area contributed by atoms with E-state index in [1.807, 2.05) is 30.3 Å². The van der Waals surface area contributed by atoms with E-state index in [1.165, 1.54) is 13.8 Å². The second-order valence-corrected chi connectivity index (χ2v) is 32.0. The number of carbonyl (C=O) groups excluding carboxylic acids is 19. The van der Waals surface area contributed by atoms with E-state index in [4.69, 9.17) is 77.7 Å². The van der Waals surface area contributed by atoms with Crippen LogP contribution in [0.1, 0.15) is 154 Å². The maximum absolute atomic E-state index is 14.6. The van der Waals surface area contributed by atoms with Gasteiger partial charge in [0, 0.05) is 45.9 Å². The van der Waals surface area contributed by atoms with Crippen molar-refractivity contribution in [3.63, 3.8) is 0 Å². The van der Waals surface area contributed by atoms with Crippen LogP contribution in [0.3, 0.4) is 0 Å². The predicted octanol–water partition coefficient (Wildman–Crippen LogP) is -13.0. The maximum atomic E-state index is 14.6. The number of carboxylic acid groups (broad SMARTS) is 1. The molecule has 0 aliphatic heterocycles. The standard InChI is InChI=1S/C82H138N32O21.C2H4O2/c1-45(102-64(121)43-101-79(135)66(47(3)116)114-77(133)57(37-48-19-6-4-7-20-48)104-65(122)42-100-63(120)41-99-62(119)40-95-39-49-21-8-5-9-22-49)68(124)106-54(26-16-34-96-80(89)90)71(127)110-53(25-12-15-33-85)75(131)113-59(44-115)78(134)103-46(2)69(125)107-55(27-17-35-97-81(91)92)72(128)108-51(23-10-13-31-83)70(126)111-56(28-18-36-98-82(93)94)73(129)109-52(24-11-14-32-84)74(130)112-58(38-61(87)118)76(132)105-50(67(88)123)29-30-60(86)117;1-2(3)4/h4-9,19-22,45-47,50-59,66,95,115-116H,10-18,23-44,83-85H2,1-3H3,(H2,86,117)(H2,87,118)(H2,88,123)(H,99,119)(H,100,120)(H,101,135)(H,102,121)(H,103,134)(H,104,122)(H,105,132)(H,106,124)(H,107,125)(H,108,128)(H,109,129)(H,110,127)(H,111,126)(H,112,130)(H,113,131)(H,114,133)(H4,89,90,96)(H4,91,92,97)(H4,93,94,98);1H3,(H,3,4). The molecule has 14 unspecified atom stereocenters. The molecule has 0 aromatic heterocycles. The van der Waals surface area contributed by atoms with Gasteiger partial charge in [0.15, 0.2) is 17.9 Å². The van der Waals surface area contributed by atoms with Crippen molar-refractivity contribution in [2.75, 3.05) is 72.1 Å². The Morgan fingerprint density at radius 3 is 1.03 bits per heavy atom. The summed E-state index contributed by atoms with van der Waals surface area (Å²) in [5, 5.41) is 101. The van der Waals surface area contributed by atoms with Gasteiger partial charge in [-0.15, -0.1) is 0 Å². The Morgan fingerprint density at radius 2 is 0.655 bits per heavy atom. The molecule has 2 aromatic rings.